The van der Waals surface area contributed by atoms with Gasteiger partial charge < -0.3 is 10.4 Å². The van der Waals surface area contributed by atoms with Crippen molar-refractivity contribution in [3.63, 3.8) is 0 Å². The minimum absolute atomic E-state index is 0.259. The predicted molar refractivity (Wildman–Crippen MR) is 65.2 cm³/mol. The molecule has 0 aliphatic carbocycles. The SMILES string of the molecule is CC(C)NCC(O)CONc1ccccc1. The van der Waals surface area contributed by atoms with Gasteiger partial charge >= 0.3 is 0 Å². The van der Waals surface area contributed by atoms with Gasteiger partial charge in [-0.1, -0.05) is 32.0 Å². The van der Waals surface area contributed by atoms with Gasteiger partial charge in [-0.15, -0.1) is 0 Å². The van der Waals surface area contributed by atoms with E-state index in [1.165, 1.54) is 0 Å². The van der Waals surface area contributed by atoms with Crippen molar-refractivity contribution in [2.75, 3.05) is 18.6 Å². The summed E-state index contributed by atoms with van der Waals surface area (Å²) in [6.45, 7) is 4.87. The molecule has 0 aromatic heterocycles. The van der Waals surface area contributed by atoms with E-state index in [0.29, 0.717) is 12.6 Å². The number of para-hydroxylation sites is 1. The van der Waals surface area contributed by atoms with Crippen molar-refractivity contribution in [2.45, 2.75) is 26.0 Å². The Balaban J connectivity index is 2.11. The molecule has 1 atom stereocenters. The number of anilines is 1. The molecule has 0 aliphatic heterocycles. The summed E-state index contributed by atoms with van der Waals surface area (Å²) in [4.78, 5) is 5.17. The van der Waals surface area contributed by atoms with Crippen LogP contribution in [-0.2, 0) is 4.84 Å². The summed E-state index contributed by atoms with van der Waals surface area (Å²) in [6.07, 6.45) is -0.501. The summed E-state index contributed by atoms with van der Waals surface area (Å²) in [5, 5.41) is 12.7. The van der Waals surface area contributed by atoms with E-state index in [0.717, 1.165) is 5.69 Å². The van der Waals surface area contributed by atoms with E-state index in [2.05, 4.69) is 10.8 Å². The molecule has 1 aromatic carbocycles. The lowest BCUT2D eigenvalue weighted by Gasteiger charge is -2.14. The summed E-state index contributed by atoms with van der Waals surface area (Å²) < 4.78 is 0. The third kappa shape index (κ3) is 5.70. The van der Waals surface area contributed by atoms with Gasteiger partial charge in [-0.3, -0.25) is 10.3 Å². The van der Waals surface area contributed by atoms with Crippen LogP contribution in [0.3, 0.4) is 0 Å². The molecule has 0 bridgehead atoms. The van der Waals surface area contributed by atoms with Gasteiger partial charge in [0.05, 0.1) is 11.8 Å². The van der Waals surface area contributed by atoms with Gasteiger partial charge in [0.1, 0.15) is 6.61 Å². The lowest BCUT2D eigenvalue weighted by molar-refractivity contribution is 0.0620. The fourth-order valence-electron chi connectivity index (χ4n) is 1.16. The molecule has 0 fully saturated rings. The van der Waals surface area contributed by atoms with Crippen molar-refractivity contribution in [3.05, 3.63) is 30.3 Å². The molecule has 0 aliphatic rings. The molecule has 1 rings (SSSR count). The van der Waals surface area contributed by atoms with Crippen molar-refractivity contribution < 1.29 is 9.94 Å². The first kappa shape index (κ1) is 13.0. The second kappa shape index (κ2) is 7.22. The molecule has 0 amide bonds. The van der Waals surface area contributed by atoms with E-state index in [-0.39, 0.29) is 6.61 Å². The quantitative estimate of drug-likeness (QED) is 0.613. The molecule has 16 heavy (non-hydrogen) atoms. The van der Waals surface area contributed by atoms with Crippen molar-refractivity contribution in [1.29, 1.82) is 0 Å². The maximum absolute atomic E-state index is 9.55. The highest BCUT2D eigenvalue weighted by Crippen LogP contribution is 2.04. The third-order valence-electron chi connectivity index (χ3n) is 2.00. The predicted octanol–water partition coefficient (Wildman–Crippen LogP) is 1.39. The van der Waals surface area contributed by atoms with Crippen molar-refractivity contribution in [1.82, 2.24) is 5.32 Å². The monoisotopic (exact) mass is 224 g/mol. The van der Waals surface area contributed by atoms with Crippen LogP contribution in [0.15, 0.2) is 30.3 Å². The minimum Gasteiger partial charge on any atom is -0.389 e. The van der Waals surface area contributed by atoms with Gasteiger partial charge in [0.2, 0.25) is 0 Å². The van der Waals surface area contributed by atoms with Gasteiger partial charge in [0.15, 0.2) is 0 Å². The van der Waals surface area contributed by atoms with Gasteiger partial charge in [0, 0.05) is 12.6 Å². The normalized spacial score (nSPS) is 12.8. The van der Waals surface area contributed by atoms with E-state index < -0.39 is 6.10 Å². The van der Waals surface area contributed by atoms with Crippen LogP contribution in [0.25, 0.3) is 0 Å². The Morgan fingerprint density at radius 2 is 1.94 bits per heavy atom. The Bertz CT molecular complexity index is 278. The molecule has 4 heteroatoms. The van der Waals surface area contributed by atoms with Crippen LogP contribution in [0.4, 0.5) is 5.69 Å². The van der Waals surface area contributed by atoms with Gasteiger partial charge in [0.25, 0.3) is 0 Å². The second-order valence-corrected chi connectivity index (χ2v) is 4.00. The van der Waals surface area contributed by atoms with Gasteiger partial charge in [-0.2, -0.15) is 0 Å². The van der Waals surface area contributed by atoms with Gasteiger partial charge in [-0.25, -0.2) is 0 Å². The highest BCUT2D eigenvalue weighted by molar-refractivity contribution is 5.39. The average Bonchev–Trinajstić information content (AvgIpc) is 2.28. The summed E-state index contributed by atoms with van der Waals surface area (Å²) in [5.41, 5.74) is 3.66. The molecule has 0 saturated heterocycles. The minimum atomic E-state index is -0.501. The van der Waals surface area contributed by atoms with Crippen LogP contribution in [0.1, 0.15) is 13.8 Å². The maximum Gasteiger partial charge on any atom is 0.102 e. The molecule has 0 spiro atoms. The zero-order chi connectivity index (χ0) is 11.8. The van der Waals surface area contributed by atoms with E-state index in [1.54, 1.807) is 0 Å². The molecule has 3 N–H and O–H groups in total. The average molecular weight is 224 g/mol. The maximum atomic E-state index is 9.55. The first-order valence-corrected chi connectivity index (χ1v) is 5.53. The molecule has 1 unspecified atom stereocenters. The first-order valence-electron chi connectivity index (χ1n) is 5.53. The smallest absolute Gasteiger partial charge is 0.102 e. The van der Waals surface area contributed by atoms with Crippen LogP contribution < -0.4 is 10.8 Å². The molecule has 0 saturated carbocycles. The number of hydrogen-bond acceptors (Lipinski definition) is 4. The van der Waals surface area contributed by atoms with Crippen molar-refractivity contribution in [2.24, 2.45) is 0 Å². The number of rotatable bonds is 7. The number of aliphatic hydroxyl groups excluding tert-OH is 1. The summed E-state index contributed by atoms with van der Waals surface area (Å²) in [6, 6.07) is 9.95. The second-order valence-electron chi connectivity index (χ2n) is 4.00. The van der Waals surface area contributed by atoms with Crippen LogP contribution in [0.2, 0.25) is 0 Å². The first-order chi connectivity index (χ1) is 7.68. The molecule has 0 heterocycles. The largest absolute Gasteiger partial charge is 0.389 e. The Kier molecular flexibility index (Phi) is 5.85. The third-order valence-corrected chi connectivity index (χ3v) is 2.00. The number of benzene rings is 1. The summed E-state index contributed by atoms with van der Waals surface area (Å²) >= 11 is 0. The molecule has 4 nitrogen and oxygen atoms in total. The van der Waals surface area contributed by atoms with Crippen LogP contribution in [0, 0.1) is 0 Å². The lowest BCUT2D eigenvalue weighted by atomic mass is 10.3. The Morgan fingerprint density at radius 3 is 2.56 bits per heavy atom. The fraction of sp³-hybridized carbons (Fsp3) is 0.500. The summed E-state index contributed by atoms with van der Waals surface area (Å²) in [5.74, 6) is 0. The molecule has 90 valence electrons. The zero-order valence-electron chi connectivity index (χ0n) is 9.81. The number of nitrogens with one attached hydrogen (secondary N) is 2. The zero-order valence-corrected chi connectivity index (χ0v) is 9.81. The summed E-state index contributed by atoms with van der Waals surface area (Å²) in [7, 11) is 0. The lowest BCUT2D eigenvalue weighted by Crippen LogP contribution is -2.34. The Hall–Kier alpha value is -1.10. The highest BCUT2D eigenvalue weighted by Gasteiger charge is 2.04. The molecular weight excluding hydrogens is 204 g/mol. The van der Waals surface area contributed by atoms with Crippen LogP contribution in [-0.4, -0.2) is 30.4 Å². The van der Waals surface area contributed by atoms with E-state index >= 15 is 0 Å². The van der Waals surface area contributed by atoms with Crippen molar-refractivity contribution >= 4 is 5.69 Å². The molecule has 0 radical (unpaired) electrons. The van der Waals surface area contributed by atoms with Crippen LogP contribution in [0.5, 0.6) is 0 Å². The van der Waals surface area contributed by atoms with Crippen LogP contribution >= 0.6 is 0 Å². The topological polar surface area (TPSA) is 53.5 Å². The Labute approximate surface area is 96.6 Å². The Morgan fingerprint density at radius 1 is 1.25 bits per heavy atom. The number of aliphatic hydroxyl groups is 1. The van der Waals surface area contributed by atoms with Gasteiger partial charge in [-0.05, 0) is 12.1 Å². The molecule has 1 aromatic rings. The van der Waals surface area contributed by atoms with Crippen molar-refractivity contribution in [3.8, 4) is 0 Å². The standard InChI is InChI=1S/C12H20N2O2/c1-10(2)13-8-12(15)9-16-14-11-6-4-3-5-7-11/h3-7,10,12-15H,8-9H2,1-2H3. The number of hydrogen-bond donors (Lipinski definition) is 3. The highest BCUT2D eigenvalue weighted by atomic mass is 16.6. The molecular formula is C12H20N2O2. The fourth-order valence-corrected chi connectivity index (χ4v) is 1.16. The van der Waals surface area contributed by atoms with E-state index in [9.17, 15) is 5.11 Å². The van der Waals surface area contributed by atoms with E-state index in [1.807, 2.05) is 44.2 Å². The van der Waals surface area contributed by atoms with E-state index in [4.69, 9.17) is 4.84 Å².